The van der Waals surface area contributed by atoms with Gasteiger partial charge < -0.3 is 10.1 Å². The van der Waals surface area contributed by atoms with Crippen LogP contribution in [-0.4, -0.2) is 24.5 Å². The molecule has 1 aromatic heterocycles. The first-order valence-corrected chi connectivity index (χ1v) is 6.96. The molecule has 0 spiro atoms. The Bertz CT molecular complexity index is 575. The van der Waals surface area contributed by atoms with Crippen LogP contribution < -0.4 is 5.32 Å². The first-order valence-electron chi connectivity index (χ1n) is 6.17. The van der Waals surface area contributed by atoms with E-state index in [0.717, 1.165) is 10.0 Å². The molecule has 0 bridgehead atoms. The third kappa shape index (κ3) is 3.88. The van der Waals surface area contributed by atoms with Gasteiger partial charge in [0.25, 0.3) is 5.91 Å². The molecule has 0 radical (unpaired) electrons. The maximum Gasteiger partial charge on any atom is 0.252 e. The van der Waals surface area contributed by atoms with Crippen LogP contribution >= 0.6 is 15.9 Å². The van der Waals surface area contributed by atoms with Crippen LogP contribution in [0.3, 0.4) is 0 Å². The van der Waals surface area contributed by atoms with Gasteiger partial charge in [-0.15, -0.1) is 0 Å². The minimum atomic E-state index is -0.170. The number of halogens is 1. The minimum absolute atomic E-state index is 0.166. The molecule has 1 heterocycles. The fraction of sp³-hybridized carbons (Fsp3) is 0.200. The van der Waals surface area contributed by atoms with Gasteiger partial charge in [0.1, 0.15) is 0 Å². The zero-order valence-electron chi connectivity index (χ0n) is 11.0. The number of ether oxygens (including phenoxy) is 1. The number of hydrogen-bond donors (Lipinski definition) is 1. The monoisotopic (exact) mass is 334 g/mol. The maximum atomic E-state index is 12.0. The molecule has 2 rings (SSSR count). The zero-order valence-corrected chi connectivity index (χ0v) is 12.6. The Kier molecular flexibility index (Phi) is 5.26. The predicted octanol–water partition coefficient (Wildman–Crippen LogP) is 2.96. The molecule has 0 aliphatic rings. The Morgan fingerprint density at radius 2 is 2.10 bits per heavy atom. The van der Waals surface area contributed by atoms with E-state index in [9.17, 15) is 4.79 Å². The van der Waals surface area contributed by atoms with Gasteiger partial charge >= 0.3 is 0 Å². The van der Waals surface area contributed by atoms with Gasteiger partial charge in [-0.1, -0.05) is 30.3 Å². The standard InChI is InChI=1S/C15H15BrN2O2/c1-20-14(11-5-3-2-4-6-11)10-18-15(19)12-7-13(16)9-17-8-12/h2-9,14H,10H2,1H3,(H,18,19). The van der Waals surface area contributed by atoms with E-state index in [2.05, 4.69) is 26.2 Å². The second-order valence-electron chi connectivity index (χ2n) is 4.24. The highest BCUT2D eigenvalue weighted by Crippen LogP contribution is 2.15. The van der Waals surface area contributed by atoms with Gasteiger partial charge in [0.2, 0.25) is 0 Å². The van der Waals surface area contributed by atoms with Crippen LogP contribution in [0.25, 0.3) is 0 Å². The number of nitrogens with zero attached hydrogens (tertiary/aromatic N) is 1. The van der Waals surface area contributed by atoms with E-state index < -0.39 is 0 Å². The molecule has 1 N–H and O–H groups in total. The first-order chi connectivity index (χ1) is 9.70. The fourth-order valence-corrected chi connectivity index (χ4v) is 2.19. The summed E-state index contributed by atoms with van der Waals surface area (Å²) >= 11 is 3.29. The molecule has 0 saturated carbocycles. The quantitative estimate of drug-likeness (QED) is 0.914. The summed E-state index contributed by atoms with van der Waals surface area (Å²) in [6.45, 7) is 0.409. The van der Waals surface area contributed by atoms with Gasteiger partial charge in [-0.05, 0) is 27.6 Å². The molecule has 5 heteroatoms. The molecular weight excluding hydrogens is 320 g/mol. The van der Waals surface area contributed by atoms with Crippen molar-refractivity contribution < 1.29 is 9.53 Å². The van der Waals surface area contributed by atoms with Crippen molar-refractivity contribution in [2.45, 2.75) is 6.10 Å². The van der Waals surface area contributed by atoms with Crippen LogP contribution in [-0.2, 0) is 4.74 Å². The Morgan fingerprint density at radius 1 is 1.35 bits per heavy atom. The third-order valence-electron chi connectivity index (χ3n) is 2.87. The lowest BCUT2D eigenvalue weighted by molar-refractivity contribution is 0.0827. The summed E-state index contributed by atoms with van der Waals surface area (Å²) < 4.78 is 6.18. The van der Waals surface area contributed by atoms with Gasteiger partial charge in [0.15, 0.2) is 0 Å². The maximum absolute atomic E-state index is 12.0. The Morgan fingerprint density at radius 3 is 2.75 bits per heavy atom. The van der Waals surface area contributed by atoms with E-state index in [-0.39, 0.29) is 12.0 Å². The van der Waals surface area contributed by atoms with Gasteiger partial charge in [-0.25, -0.2) is 0 Å². The molecule has 4 nitrogen and oxygen atoms in total. The number of hydrogen-bond acceptors (Lipinski definition) is 3. The number of benzene rings is 1. The summed E-state index contributed by atoms with van der Waals surface area (Å²) in [6.07, 6.45) is 3.00. The van der Waals surface area contributed by atoms with Gasteiger partial charge in [0, 0.05) is 30.5 Å². The number of carbonyl (C=O) groups is 1. The Hall–Kier alpha value is -1.72. The highest BCUT2D eigenvalue weighted by Gasteiger charge is 2.13. The topological polar surface area (TPSA) is 51.2 Å². The largest absolute Gasteiger partial charge is 0.375 e. The number of carbonyl (C=O) groups excluding carboxylic acids is 1. The predicted molar refractivity (Wildman–Crippen MR) is 80.5 cm³/mol. The van der Waals surface area contributed by atoms with Crippen molar-refractivity contribution in [1.82, 2.24) is 10.3 Å². The van der Waals surface area contributed by atoms with Gasteiger partial charge in [-0.3, -0.25) is 9.78 Å². The summed E-state index contributed by atoms with van der Waals surface area (Å²) in [5.74, 6) is -0.170. The minimum Gasteiger partial charge on any atom is -0.375 e. The van der Waals surface area contributed by atoms with E-state index in [1.165, 1.54) is 6.20 Å². The van der Waals surface area contributed by atoms with Crippen molar-refractivity contribution in [2.75, 3.05) is 13.7 Å². The second-order valence-corrected chi connectivity index (χ2v) is 5.15. The fourth-order valence-electron chi connectivity index (χ4n) is 1.83. The molecule has 0 fully saturated rings. The summed E-state index contributed by atoms with van der Waals surface area (Å²) in [7, 11) is 1.63. The number of rotatable bonds is 5. The van der Waals surface area contributed by atoms with Gasteiger partial charge in [0.05, 0.1) is 11.7 Å². The van der Waals surface area contributed by atoms with Crippen molar-refractivity contribution in [3.05, 3.63) is 64.4 Å². The van der Waals surface area contributed by atoms with Crippen molar-refractivity contribution in [2.24, 2.45) is 0 Å². The average Bonchev–Trinajstić information content (AvgIpc) is 2.49. The molecule has 1 atom stereocenters. The summed E-state index contributed by atoms with van der Waals surface area (Å²) in [4.78, 5) is 16.0. The summed E-state index contributed by atoms with van der Waals surface area (Å²) in [5.41, 5.74) is 1.55. The van der Waals surface area contributed by atoms with E-state index in [1.54, 1.807) is 19.4 Å². The molecule has 0 aliphatic carbocycles. The van der Waals surface area contributed by atoms with Crippen LogP contribution in [0.15, 0.2) is 53.3 Å². The average molecular weight is 335 g/mol. The van der Waals surface area contributed by atoms with E-state index in [4.69, 9.17) is 4.74 Å². The van der Waals surface area contributed by atoms with Crippen LogP contribution in [0.5, 0.6) is 0 Å². The lowest BCUT2D eigenvalue weighted by Gasteiger charge is -2.16. The van der Waals surface area contributed by atoms with E-state index in [1.807, 2.05) is 30.3 Å². The molecule has 1 amide bonds. The van der Waals surface area contributed by atoms with E-state index in [0.29, 0.717) is 12.1 Å². The first kappa shape index (κ1) is 14.7. The van der Waals surface area contributed by atoms with Crippen molar-refractivity contribution >= 4 is 21.8 Å². The number of methoxy groups -OCH3 is 1. The second kappa shape index (κ2) is 7.17. The molecule has 2 aromatic rings. The number of nitrogens with one attached hydrogen (secondary N) is 1. The SMILES string of the molecule is COC(CNC(=O)c1cncc(Br)c1)c1ccccc1. The molecule has 0 aliphatic heterocycles. The molecule has 20 heavy (non-hydrogen) atoms. The normalized spacial score (nSPS) is 11.9. The summed E-state index contributed by atoms with van der Waals surface area (Å²) in [6, 6.07) is 11.5. The van der Waals surface area contributed by atoms with Crippen molar-refractivity contribution in [3.63, 3.8) is 0 Å². The molecular formula is C15H15BrN2O2. The molecule has 1 unspecified atom stereocenters. The van der Waals surface area contributed by atoms with E-state index >= 15 is 0 Å². The Balaban J connectivity index is 1.98. The van der Waals surface area contributed by atoms with Crippen molar-refractivity contribution in [1.29, 1.82) is 0 Å². The molecule has 104 valence electrons. The smallest absolute Gasteiger partial charge is 0.252 e. The Labute approximate surface area is 126 Å². The number of amides is 1. The zero-order chi connectivity index (χ0) is 14.4. The lowest BCUT2D eigenvalue weighted by Crippen LogP contribution is -2.29. The highest BCUT2D eigenvalue weighted by atomic mass is 79.9. The number of aromatic nitrogens is 1. The van der Waals surface area contributed by atoms with Gasteiger partial charge in [-0.2, -0.15) is 0 Å². The van der Waals surface area contributed by atoms with Crippen molar-refractivity contribution in [3.8, 4) is 0 Å². The lowest BCUT2D eigenvalue weighted by atomic mass is 10.1. The van der Waals surface area contributed by atoms with Crippen LogP contribution in [0.2, 0.25) is 0 Å². The van der Waals surface area contributed by atoms with Crippen LogP contribution in [0.4, 0.5) is 0 Å². The highest BCUT2D eigenvalue weighted by molar-refractivity contribution is 9.10. The molecule has 0 saturated heterocycles. The summed E-state index contributed by atoms with van der Waals surface area (Å²) in [5, 5.41) is 2.85. The van der Waals surface area contributed by atoms with Crippen LogP contribution in [0.1, 0.15) is 22.0 Å². The molecule has 1 aromatic carbocycles. The van der Waals surface area contributed by atoms with Crippen LogP contribution in [0, 0.1) is 0 Å². The third-order valence-corrected chi connectivity index (χ3v) is 3.30. The number of pyridine rings is 1.